The van der Waals surface area contributed by atoms with Crippen LogP contribution in [0.4, 0.5) is 5.69 Å². The molecule has 2 aromatic rings. The molecule has 2 aliphatic rings. The van der Waals surface area contributed by atoms with Crippen LogP contribution >= 0.6 is 23.2 Å². The zero-order valence-electron chi connectivity index (χ0n) is 17.3. The smallest absolute Gasteiger partial charge is 0.282 e. The van der Waals surface area contributed by atoms with Crippen molar-refractivity contribution in [1.29, 1.82) is 0 Å². The molecule has 0 spiro atoms. The Morgan fingerprint density at radius 1 is 0.867 bits per heavy atom. The molecule has 156 valence electrons. The van der Waals surface area contributed by atoms with Crippen molar-refractivity contribution in [3.05, 3.63) is 69.3 Å². The highest BCUT2D eigenvalue weighted by Crippen LogP contribution is 2.38. The number of nitrogens with zero attached hydrogens (tertiary/aromatic N) is 2. The first kappa shape index (κ1) is 21.0. The maximum absolute atomic E-state index is 13.7. The minimum Gasteiger partial charge on any atom is -0.366 e. The summed E-state index contributed by atoms with van der Waals surface area (Å²) in [5.41, 5.74) is 2.96. The molecule has 0 N–H and O–H groups in total. The van der Waals surface area contributed by atoms with Crippen LogP contribution in [0.2, 0.25) is 10.0 Å². The molecule has 0 bridgehead atoms. The van der Waals surface area contributed by atoms with Crippen LogP contribution in [0.1, 0.15) is 31.4 Å². The van der Waals surface area contributed by atoms with E-state index in [1.54, 1.807) is 42.5 Å². The Kier molecular flexibility index (Phi) is 5.65. The number of anilines is 1. The summed E-state index contributed by atoms with van der Waals surface area (Å²) in [6, 6.07) is 12.3. The first-order valence-electron chi connectivity index (χ1n) is 10.2. The van der Waals surface area contributed by atoms with E-state index in [4.69, 9.17) is 23.2 Å². The largest absolute Gasteiger partial charge is 0.366 e. The van der Waals surface area contributed by atoms with Crippen molar-refractivity contribution >= 4 is 46.3 Å². The summed E-state index contributed by atoms with van der Waals surface area (Å²) >= 11 is 12.2. The minimum absolute atomic E-state index is 0.281. The molecular formula is C24H24Cl2N2O2. The van der Waals surface area contributed by atoms with Crippen LogP contribution in [0.5, 0.6) is 0 Å². The van der Waals surface area contributed by atoms with E-state index in [9.17, 15) is 9.59 Å². The lowest BCUT2D eigenvalue weighted by Gasteiger charge is -2.37. The number of carbonyl (C=O) groups excluding carboxylic acids is 2. The Morgan fingerprint density at radius 2 is 1.47 bits per heavy atom. The van der Waals surface area contributed by atoms with Gasteiger partial charge in [0.15, 0.2) is 0 Å². The second-order valence-corrected chi connectivity index (χ2v) is 9.33. The van der Waals surface area contributed by atoms with Crippen LogP contribution in [0.15, 0.2) is 48.2 Å². The molecule has 1 saturated heterocycles. The lowest BCUT2D eigenvalue weighted by molar-refractivity contribution is -0.120. The molecule has 6 heteroatoms. The topological polar surface area (TPSA) is 40.6 Å². The summed E-state index contributed by atoms with van der Waals surface area (Å²) in [7, 11) is 0. The summed E-state index contributed by atoms with van der Waals surface area (Å²) in [6.07, 6.45) is 1.11. The van der Waals surface area contributed by atoms with Crippen LogP contribution < -0.4 is 4.90 Å². The van der Waals surface area contributed by atoms with Crippen LogP contribution in [0, 0.1) is 18.8 Å². The van der Waals surface area contributed by atoms with Gasteiger partial charge in [-0.25, -0.2) is 4.90 Å². The lowest BCUT2D eigenvalue weighted by atomic mass is 9.91. The first-order chi connectivity index (χ1) is 14.3. The van der Waals surface area contributed by atoms with Gasteiger partial charge >= 0.3 is 0 Å². The van der Waals surface area contributed by atoms with Gasteiger partial charge < -0.3 is 4.90 Å². The van der Waals surface area contributed by atoms with Gasteiger partial charge in [-0.15, -0.1) is 0 Å². The van der Waals surface area contributed by atoms with Crippen molar-refractivity contribution in [2.75, 3.05) is 18.0 Å². The van der Waals surface area contributed by atoms with Crippen LogP contribution in [0.25, 0.3) is 5.57 Å². The van der Waals surface area contributed by atoms with Crippen LogP contribution in [-0.2, 0) is 9.59 Å². The van der Waals surface area contributed by atoms with Gasteiger partial charge in [-0.05, 0) is 66.6 Å². The van der Waals surface area contributed by atoms with Gasteiger partial charge in [0.05, 0.1) is 11.3 Å². The number of aryl methyl sites for hydroxylation is 1. The van der Waals surface area contributed by atoms with Gasteiger partial charge in [-0.3, -0.25) is 9.59 Å². The lowest BCUT2D eigenvalue weighted by Crippen LogP contribution is -2.42. The van der Waals surface area contributed by atoms with Gasteiger partial charge in [0.2, 0.25) is 0 Å². The number of hydrogen-bond acceptors (Lipinski definition) is 3. The zero-order valence-corrected chi connectivity index (χ0v) is 18.8. The van der Waals surface area contributed by atoms with Crippen molar-refractivity contribution in [3.8, 4) is 0 Å². The third-order valence-electron chi connectivity index (χ3n) is 5.78. The number of piperidine rings is 1. The highest BCUT2D eigenvalue weighted by molar-refractivity contribution is 6.45. The SMILES string of the molecule is Cc1cc(Cl)ccc1N1C(=O)C(c2ccc(Cl)cc2)=C(N2CC(C)CC(C)C2)C1=O. The van der Waals surface area contributed by atoms with Crippen molar-refractivity contribution in [1.82, 2.24) is 4.90 Å². The molecule has 4 rings (SSSR count). The maximum Gasteiger partial charge on any atom is 0.282 e. The predicted octanol–water partition coefficient (Wildman–Crippen LogP) is 5.56. The van der Waals surface area contributed by atoms with Crippen molar-refractivity contribution in [2.24, 2.45) is 11.8 Å². The second kappa shape index (κ2) is 8.09. The number of imide groups is 1. The van der Waals surface area contributed by atoms with Crippen molar-refractivity contribution < 1.29 is 9.59 Å². The summed E-state index contributed by atoms with van der Waals surface area (Å²) in [5, 5.41) is 1.16. The van der Waals surface area contributed by atoms with E-state index in [1.165, 1.54) is 4.90 Å². The summed E-state index contributed by atoms with van der Waals surface area (Å²) in [4.78, 5) is 30.7. The molecule has 0 aliphatic carbocycles. The normalized spacial score (nSPS) is 22.3. The molecule has 2 atom stereocenters. The Bertz CT molecular complexity index is 1040. The number of likely N-dealkylation sites (tertiary alicyclic amines) is 1. The van der Waals surface area contributed by atoms with Gasteiger partial charge in [-0.2, -0.15) is 0 Å². The summed E-state index contributed by atoms with van der Waals surface area (Å²) in [5.74, 6) is 0.300. The molecular weight excluding hydrogens is 419 g/mol. The summed E-state index contributed by atoms with van der Waals surface area (Å²) in [6.45, 7) is 7.74. The molecule has 1 fully saturated rings. The highest BCUT2D eigenvalue weighted by Gasteiger charge is 2.44. The molecule has 0 aromatic heterocycles. The average molecular weight is 443 g/mol. The molecule has 2 heterocycles. The Labute approximate surface area is 187 Å². The Morgan fingerprint density at radius 3 is 2.07 bits per heavy atom. The van der Waals surface area contributed by atoms with E-state index in [1.807, 2.05) is 6.92 Å². The van der Waals surface area contributed by atoms with Crippen LogP contribution in [0.3, 0.4) is 0 Å². The quantitative estimate of drug-likeness (QED) is 0.583. The van der Waals surface area contributed by atoms with Crippen LogP contribution in [-0.4, -0.2) is 29.8 Å². The third-order valence-corrected chi connectivity index (χ3v) is 6.26. The number of amides is 2. The second-order valence-electron chi connectivity index (χ2n) is 8.46. The predicted molar refractivity (Wildman–Crippen MR) is 122 cm³/mol. The maximum atomic E-state index is 13.7. The molecule has 2 aliphatic heterocycles. The molecule has 2 amide bonds. The van der Waals surface area contributed by atoms with Crippen molar-refractivity contribution in [2.45, 2.75) is 27.2 Å². The number of benzene rings is 2. The van der Waals surface area contributed by atoms with Crippen molar-refractivity contribution in [3.63, 3.8) is 0 Å². The van der Waals surface area contributed by atoms with E-state index in [0.29, 0.717) is 44.4 Å². The monoisotopic (exact) mass is 442 g/mol. The number of rotatable bonds is 3. The number of hydrogen-bond donors (Lipinski definition) is 0. The van der Waals surface area contributed by atoms with E-state index >= 15 is 0 Å². The number of halogens is 2. The fraction of sp³-hybridized carbons (Fsp3) is 0.333. The van der Waals surface area contributed by atoms with E-state index in [0.717, 1.165) is 25.1 Å². The fourth-order valence-electron chi connectivity index (χ4n) is 4.62. The third kappa shape index (κ3) is 3.75. The highest BCUT2D eigenvalue weighted by atomic mass is 35.5. The minimum atomic E-state index is -0.311. The van der Waals surface area contributed by atoms with Gasteiger partial charge in [0, 0.05) is 23.1 Å². The van der Waals surface area contributed by atoms with Gasteiger partial charge in [-0.1, -0.05) is 49.2 Å². The molecule has 0 saturated carbocycles. The van der Waals surface area contributed by atoms with Gasteiger partial charge in [0.1, 0.15) is 5.70 Å². The molecule has 2 aromatic carbocycles. The first-order valence-corrected chi connectivity index (χ1v) is 10.9. The van der Waals surface area contributed by atoms with E-state index in [2.05, 4.69) is 18.7 Å². The van der Waals surface area contributed by atoms with E-state index in [-0.39, 0.29) is 11.8 Å². The summed E-state index contributed by atoms with van der Waals surface area (Å²) < 4.78 is 0. The number of carbonyl (C=O) groups is 2. The molecule has 4 nitrogen and oxygen atoms in total. The average Bonchev–Trinajstić information content (AvgIpc) is 2.92. The fourth-order valence-corrected chi connectivity index (χ4v) is 4.98. The zero-order chi connectivity index (χ0) is 21.6. The standard InChI is InChI=1S/C24H24Cl2N2O2/c1-14-10-15(2)13-27(12-14)22-21(17-4-6-18(25)7-5-17)23(29)28(24(22)30)20-9-8-19(26)11-16(20)3/h4-9,11,14-15H,10,12-13H2,1-3H3. The Hall–Kier alpha value is -2.30. The molecule has 0 radical (unpaired) electrons. The molecule has 30 heavy (non-hydrogen) atoms. The Balaban J connectivity index is 1.85. The van der Waals surface area contributed by atoms with Gasteiger partial charge in [0.25, 0.3) is 11.8 Å². The van der Waals surface area contributed by atoms with E-state index < -0.39 is 0 Å². The molecule has 2 unspecified atom stereocenters.